The van der Waals surface area contributed by atoms with Crippen molar-refractivity contribution in [3.63, 3.8) is 0 Å². The molecule has 1 aliphatic rings. The van der Waals surface area contributed by atoms with Crippen molar-refractivity contribution >= 4 is 17.8 Å². The molecule has 1 heterocycles. The Kier molecular flexibility index (Phi) is 16.4. The fraction of sp³-hybridized carbons (Fsp3) is 0.647. The van der Waals surface area contributed by atoms with Crippen molar-refractivity contribution < 1.29 is 54.3 Å². The van der Waals surface area contributed by atoms with E-state index in [0.717, 1.165) is 19.6 Å². The molecule has 0 aromatic heterocycles. The standard InChI is InChI=1S/C17H28N6O3.Gd/c18-1-2-19-17-23-9-7-21(12-15-25)5-3-20(11-14-24)4-6-22(8-10-23)13-16-26;/h11-13,19H,1-10,17-18H2;. The van der Waals surface area contributed by atoms with Gasteiger partial charge < -0.3 is 25.8 Å². The summed E-state index contributed by atoms with van der Waals surface area (Å²) < 4.78 is 0. The van der Waals surface area contributed by atoms with Crippen molar-refractivity contribution in [3.05, 3.63) is 18.6 Å². The summed E-state index contributed by atoms with van der Waals surface area (Å²) in [7, 11) is 0. The van der Waals surface area contributed by atoms with Gasteiger partial charge in [-0.25, -0.2) is 14.4 Å². The average Bonchev–Trinajstić information content (AvgIpc) is 2.63. The van der Waals surface area contributed by atoms with Crippen LogP contribution < -0.4 is 11.1 Å². The first-order chi connectivity index (χ1) is 12.7. The maximum atomic E-state index is 10.8. The molecule has 0 saturated carbocycles. The first kappa shape index (κ1) is 26.0. The molecule has 0 amide bonds. The largest absolute Gasteiger partial charge is 0.365 e. The molecule has 0 spiro atoms. The molecule has 1 aliphatic heterocycles. The molecule has 27 heavy (non-hydrogen) atoms. The van der Waals surface area contributed by atoms with Crippen LogP contribution in [-0.2, 0) is 14.4 Å². The van der Waals surface area contributed by atoms with Gasteiger partial charge in [-0.05, 0) is 0 Å². The quantitative estimate of drug-likeness (QED) is 0.284. The van der Waals surface area contributed by atoms with Crippen molar-refractivity contribution in [3.8, 4) is 0 Å². The Bertz CT molecular complexity index is 511. The minimum atomic E-state index is 0. The monoisotopic (exact) mass is 522 g/mol. The summed E-state index contributed by atoms with van der Waals surface area (Å²) >= 11 is 0. The Labute approximate surface area is 192 Å². The van der Waals surface area contributed by atoms with Crippen LogP contribution in [0.1, 0.15) is 0 Å². The fourth-order valence-corrected chi connectivity index (χ4v) is 2.61. The minimum absolute atomic E-state index is 0. The molecule has 0 bridgehead atoms. The molecule has 0 aromatic rings. The van der Waals surface area contributed by atoms with Crippen LogP contribution in [0.4, 0.5) is 0 Å². The summed E-state index contributed by atoms with van der Waals surface area (Å²) in [5.41, 5.74) is 5.52. The Morgan fingerprint density at radius 3 is 1.44 bits per heavy atom. The summed E-state index contributed by atoms with van der Waals surface area (Å²) in [4.78, 5) is 40.1. The van der Waals surface area contributed by atoms with Gasteiger partial charge in [0.05, 0.1) is 18.6 Å². The van der Waals surface area contributed by atoms with Gasteiger partial charge in [-0.3, -0.25) is 4.90 Å². The molecule has 0 aliphatic carbocycles. The van der Waals surface area contributed by atoms with E-state index in [9.17, 15) is 14.4 Å². The molecular formula is C17H28GdN6O3. The van der Waals surface area contributed by atoms with Gasteiger partial charge in [-0.1, -0.05) is 0 Å². The van der Waals surface area contributed by atoms with E-state index >= 15 is 0 Å². The van der Waals surface area contributed by atoms with Gasteiger partial charge in [-0.15, -0.1) is 0 Å². The Morgan fingerprint density at radius 2 is 1.11 bits per heavy atom. The number of rotatable bonds is 7. The second-order valence-electron chi connectivity index (χ2n) is 5.91. The maximum Gasteiger partial charge on any atom is 0.142 e. The number of nitrogens with two attached hydrogens (primary N) is 1. The van der Waals surface area contributed by atoms with Crippen LogP contribution in [0.2, 0.25) is 0 Å². The summed E-state index contributed by atoms with van der Waals surface area (Å²) in [5, 5.41) is 3.27. The van der Waals surface area contributed by atoms with Crippen molar-refractivity contribution in [2.75, 3.05) is 72.1 Å². The van der Waals surface area contributed by atoms with E-state index in [2.05, 4.69) is 10.2 Å². The van der Waals surface area contributed by atoms with Gasteiger partial charge in [0.25, 0.3) is 0 Å². The maximum absolute atomic E-state index is 10.8. The van der Waals surface area contributed by atoms with E-state index in [4.69, 9.17) is 5.73 Å². The normalized spacial score (nSPS) is 16.6. The number of hydrogen-bond acceptors (Lipinski definition) is 9. The third kappa shape index (κ3) is 12.1. The zero-order valence-corrected chi connectivity index (χ0v) is 17.7. The molecule has 3 N–H and O–H groups in total. The molecule has 0 aromatic carbocycles. The van der Waals surface area contributed by atoms with Crippen LogP contribution in [0.15, 0.2) is 18.6 Å². The summed E-state index contributed by atoms with van der Waals surface area (Å²) in [6.07, 6.45) is 4.17. The second-order valence-corrected chi connectivity index (χ2v) is 5.91. The molecule has 9 nitrogen and oxygen atoms in total. The van der Waals surface area contributed by atoms with Crippen molar-refractivity contribution in [1.82, 2.24) is 24.9 Å². The molecule has 1 fully saturated rings. The minimum Gasteiger partial charge on any atom is -0.365 e. The molecule has 0 unspecified atom stereocenters. The summed E-state index contributed by atoms with van der Waals surface area (Å²) in [6, 6.07) is 0. The Balaban J connectivity index is 0.00000676. The van der Waals surface area contributed by atoms with Gasteiger partial charge in [0, 0.05) is 112 Å². The number of carbonyl (C=O) groups excluding carboxylic acids is 3. The Hall–Kier alpha value is -1.05. The van der Waals surface area contributed by atoms with Crippen molar-refractivity contribution in [2.45, 2.75) is 0 Å². The van der Waals surface area contributed by atoms with Crippen molar-refractivity contribution in [2.24, 2.45) is 5.73 Å². The zero-order chi connectivity index (χ0) is 19.0. The van der Waals surface area contributed by atoms with Gasteiger partial charge in [0.1, 0.15) is 17.8 Å². The van der Waals surface area contributed by atoms with E-state index in [1.807, 2.05) is 26.6 Å². The number of nitrogens with zero attached hydrogens (tertiary/aromatic N) is 4. The van der Waals surface area contributed by atoms with E-state index < -0.39 is 0 Å². The van der Waals surface area contributed by atoms with E-state index in [-0.39, 0.29) is 39.9 Å². The average molecular weight is 522 g/mol. The van der Waals surface area contributed by atoms with Crippen LogP contribution in [0.25, 0.3) is 0 Å². The third-order valence-corrected chi connectivity index (χ3v) is 4.12. The molecule has 152 valence electrons. The molecule has 10 heteroatoms. The Morgan fingerprint density at radius 1 is 0.741 bits per heavy atom. The topological polar surface area (TPSA) is 102 Å². The summed E-state index contributed by atoms with van der Waals surface area (Å²) in [6.45, 7) is 7.04. The molecular weight excluding hydrogens is 493 g/mol. The van der Waals surface area contributed by atoms with Gasteiger partial charge in [-0.2, -0.15) is 0 Å². The molecule has 0 atom stereocenters. The van der Waals surface area contributed by atoms with Gasteiger partial charge in [0.2, 0.25) is 0 Å². The van der Waals surface area contributed by atoms with Crippen LogP contribution >= 0.6 is 0 Å². The first-order valence-electron chi connectivity index (χ1n) is 8.71. The predicted octanol–water partition coefficient (Wildman–Crippen LogP) is -2.25. The zero-order valence-electron chi connectivity index (χ0n) is 15.5. The predicted molar refractivity (Wildman–Crippen MR) is 99.0 cm³/mol. The van der Waals surface area contributed by atoms with Crippen LogP contribution in [-0.4, -0.2) is 110 Å². The van der Waals surface area contributed by atoms with E-state index in [1.165, 1.54) is 18.6 Å². The van der Waals surface area contributed by atoms with Crippen LogP contribution in [0.5, 0.6) is 0 Å². The third-order valence-electron chi connectivity index (χ3n) is 4.12. The van der Waals surface area contributed by atoms with Crippen LogP contribution in [0.3, 0.4) is 0 Å². The molecule has 0 radical (unpaired) electrons. The van der Waals surface area contributed by atoms with Gasteiger partial charge in [0.15, 0.2) is 0 Å². The number of hydrogen-bond donors (Lipinski definition) is 2. The first-order valence-corrected chi connectivity index (χ1v) is 8.71. The van der Waals surface area contributed by atoms with Crippen molar-refractivity contribution in [1.29, 1.82) is 0 Å². The fourth-order valence-electron chi connectivity index (χ4n) is 2.61. The van der Waals surface area contributed by atoms with E-state index in [1.54, 1.807) is 5.94 Å². The second kappa shape index (κ2) is 17.1. The SMILES string of the molecule is NCCNCN1CCN(C=C=O)CCN(C=C=O)CCN(C=C=O)CC1.[Gd]. The smallest absolute Gasteiger partial charge is 0.142 e. The summed E-state index contributed by atoms with van der Waals surface area (Å²) in [5.74, 6) is 5.44. The van der Waals surface area contributed by atoms with E-state index in [0.29, 0.717) is 52.5 Å². The molecule has 1 saturated heterocycles. The number of nitrogens with one attached hydrogen (secondary N) is 1. The van der Waals surface area contributed by atoms with Crippen LogP contribution in [0, 0.1) is 39.9 Å². The van der Waals surface area contributed by atoms with Gasteiger partial charge >= 0.3 is 0 Å². The molecule has 1 rings (SSSR count).